The van der Waals surface area contributed by atoms with Crippen LogP contribution >= 0.6 is 0 Å². The number of para-hydroxylation sites is 1. The molecule has 108 valence electrons. The smallest absolute Gasteiger partial charge is 0.0575 e. The van der Waals surface area contributed by atoms with Gasteiger partial charge in [-0.3, -0.25) is 0 Å². The van der Waals surface area contributed by atoms with Crippen molar-refractivity contribution in [2.45, 2.75) is 13.0 Å². The first-order valence-electron chi connectivity index (χ1n) is 7.25. The van der Waals surface area contributed by atoms with E-state index in [1.54, 1.807) is 7.11 Å². The topological polar surface area (TPSA) is 28.3 Å². The second-order valence-corrected chi connectivity index (χ2v) is 5.14. The minimum atomic E-state index is 0.805. The van der Waals surface area contributed by atoms with Crippen LogP contribution in [0.25, 0.3) is 10.9 Å². The summed E-state index contributed by atoms with van der Waals surface area (Å²) < 4.78 is 0. The number of fused-ring (bicyclic) bond motifs is 1. The van der Waals surface area contributed by atoms with Gasteiger partial charge < -0.3 is 9.82 Å². The van der Waals surface area contributed by atoms with Gasteiger partial charge in [-0.25, -0.2) is 0 Å². The van der Waals surface area contributed by atoms with Crippen LogP contribution in [-0.2, 0) is 17.8 Å². The number of hydrogen-bond acceptors (Lipinski definition) is 2. The lowest BCUT2D eigenvalue weighted by atomic mass is 10.1. The van der Waals surface area contributed by atoms with Crippen LogP contribution in [0.2, 0.25) is 0 Å². The summed E-state index contributed by atoms with van der Waals surface area (Å²) in [5.74, 6) is 0. The maximum absolute atomic E-state index is 5.49. The van der Waals surface area contributed by atoms with E-state index in [9.17, 15) is 0 Å². The van der Waals surface area contributed by atoms with Gasteiger partial charge in [-0.2, -0.15) is 5.06 Å². The van der Waals surface area contributed by atoms with E-state index in [2.05, 4.69) is 59.7 Å². The largest absolute Gasteiger partial charge is 0.361 e. The molecule has 3 aromatic rings. The van der Waals surface area contributed by atoms with Crippen molar-refractivity contribution in [1.82, 2.24) is 10.0 Å². The highest BCUT2D eigenvalue weighted by Crippen LogP contribution is 2.18. The molecule has 0 amide bonds. The van der Waals surface area contributed by atoms with Crippen molar-refractivity contribution in [2.24, 2.45) is 0 Å². The number of aromatic amines is 1. The standard InChI is InChI=1S/C18H20N2O/c1-21-20(14-15-7-3-2-4-8-15)12-11-16-13-19-18-10-6-5-9-17(16)18/h2-10,13,19H,11-12,14H2,1H3. The lowest BCUT2D eigenvalue weighted by molar-refractivity contribution is -0.138. The number of hydroxylamine groups is 2. The lowest BCUT2D eigenvalue weighted by Crippen LogP contribution is -2.24. The highest BCUT2D eigenvalue weighted by atomic mass is 16.7. The molecule has 2 aromatic carbocycles. The molecule has 3 heteroatoms. The molecule has 0 aliphatic carbocycles. The fraction of sp³-hybridized carbons (Fsp3) is 0.222. The van der Waals surface area contributed by atoms with Gasteiger partial charge in [-0.05, 0) is 23.6 Å². The fourth-order valence-electron chi connectivity index (χ4n) is 2.61. The average Bonchev–Trinajstić information content (AvgIpc) is 2.96. The van der Waals surface area contributed by atoms with Crippen molar-refractivity contribution in [3.8, 4) is 0 Å². The van der Waals surface area contributed by atoms with E-state index < -0.39 is 0 Å². The average molecular weight is 280 g/mol. The summed E-state index contributed by atoms with van der Waals surface area (Å²) in [7, 11) is 1.73. The van der Waals surface area contributed by atoms with Crippen molar-refractivity contribution >= 4 is 10.9 Å². The normalized spacial score (nSPS) is 11.3. The second-order valence-electron chi connectivity index (χ2n) is 5.14. The molecule has 0 aliphatic heterocycles. The van der Waals surface area contributed by atoms with Crippen LogP contribution in [0.4, 0.5) is 0 Å². The molecule has 0 aliphatic rings. The van der Waals surface area contributed by atoms with Gasteiger partial charge in [0.25, 0.3) is 0 Å². The third-order valence-corrected chi connectivity index (χ3v) is 3.77. The Balaban J connectivity index is 1.65. The summed E-state index contributed by atoms with van der Waals surface area (Å²) in [5, 5.41) is 3.30. The Morgan fingerprint density at radius 1 is 1.00 bits per heavy atom. The monoisotopic (exact) mass is 280 g/mol. The van der Waals surface area contributed by atoms with Crippen LogP contribution in [0.15, 0.2) is 60.8 Å². The lowest BCUT2D eigenvalue weighted by Gasteiger charge is -2.19. The molecule has 0 bridgehead atoms. The first-order valence-corrected chi connectivity index (χ1v) is 7.25. The molecule has 1 heterocycles. The Bertz CT molecular complexity index is 691. The van der Waals surface area contributed by atoms with Gasteiger partial charge in [-0.15, -0.1) is 0 Å². The van der Waals surface area contributed by atoms with E-state index in [1.807, 2.05) is 11.1 Å². The van der Waals surface area contributed by atoms with Gasteiger partial charge >= 0.3 is 0 Å². The Labute approximate surface area is 125 Å². The number of H-pyrrole nitrogens is 1. The van der Waals surface area contributed by atoms with Crippen LogP contribution in [0.3, 0.4) is 0 Å². The van der Waals surface area contributed by atoms with E-state index in [0.717, 1.165) is 19.5 Å². The minimum Gasteiger partial charge on any atom is -0.361 e. The first kappa shape index (κ1) is 13.9. The predicted molar refractivity (Wildman–Crippen MR) is 85.9 cm³/mol. The molecule has 0 saturated carbocycles. The summed E-state index contributed by atoms with van der Waals surface area (Å²) >= 11 is 0. The summed E-state index contributed by atoms with van der Waals surface area (Å²) in [4.78, 5) is 8.81. The van der Waals surface area contributed by atoms with Crippen LogP contribution in [0.5, 0.6) is 0 Å². The molecule has 0 unspecified atom stereocenters. The van der Waals surface area contributed by atoms with Gasteiger partial charge in [0.1, 0.15) is 0 Å². The van der Waals surface area contributed by atoms with Gasteiger partial charge in [0.15, 0.2) is 0 Å². The molecule has 0 atom stereocenters. The van der Waals surface area contributed by atoms with Crippen molar-refractivity contribution < 1.29 is 4.84 Å². The molecule has 3 nitrogen and oxygen atoms in total. The van der Waals surface area contributed by atoms with Gasteiger partial charge in [-0.1, -0.05) is 48.5 Å². The summed E-state index contributed by atoms with van der Waals surface area (Å²) in [6, 6.07) is 18.8. The molecule has 0 spiro atoms. The van der Waals surface area contributed by atoms with E-state index in [0.29, 0.717) is 0 Å². The number of nitrogens with one attached hydrogen (secondary N) is 1. The van der Waals surface area contributed by atoms with E-state index in [4.69, 9.17) is 4.84 Å². The Morgan fingerprint density at radius 3 is 2.57 bits per heavy atom. The zero-order chi connectivity index (χ0) is 14.5. The summed E-state index contributed by atoms with van der Waals surface area (Å²) in [6.45, 7) is 1.67. The zero-order valence-corrected chi connectivity index (χ0v) is 12.3. The SMILES string of the molecule is CON(CCc1c[nH]c2ccccc12)Cc1ccccc1. The number of nitrogens with zero attached hydrogens (tertiary/aromatic N) is 1. The third-order valence-electron chi connectivity index (χ3n) is 3.77. The first-order chi connectivity index (χ1) is 10.4. The molecular formula is C18H20N2O. The van der Waals surface area contributed by atoms with Gasteiger partial charge in [0.2, 0.25) is 0 Å². The number of benzene rings is 2. The highest BCUT2D eigenvalue weighted by Gasteiger charge is 2.08. The number of aromatic nitrogens is 1. The predicted octanol–water partition coefficient (Wildman–Crippen LogP) is 3.77. The van der Waals surface area contributed by atoms with Crippen molar-refractivity contribution in [3.63, 3.8) is 0 Å². The molecule has 1 aromatic heterocycles. The molecule has 3 rings (SSSR count). The minimum absolute atomic E-state index is 0.805. The maximum Gasteiger partial charge on any atom is 0.0575 e. The van der Waals surface area contributed by atoms with E-state index in [1.165, 1.54) is 22.0 Å². The zero-order valence-electron chi connectivity index (χ0n) is 12.3. The van der Waals surface area contributed by atoms with Crippen molar-refractivity contribution in [2.75, 3.05) is 13.7 Å². The Kier molecular flexibility index (Phi) is 4.34. The van der Waals surface area contributed by atoms with Crippen LogP contribution in [-0.4, -0.2) is 23.7 Å². The Hall–Kier alpha value is -2.10. The van der Waals surface area contributed by atoms with Crippen LogP contribution < -0.4 is 0 Å². The molecule has 0 saturated heterocycles. The molecular weight excluding hydrogens is 260 g/mol. The van der Waals surface area contributed by atoms with Gasteiger partial charge in [0, 0.05) is 30.2 Å². The second kappa shape index (κ2) is 6.57. The quantitative estimate of drug-likeness (QED) is 0.696. The van der Waals surface area contributed by atoms with Gasteiger partial charge in [0.05, 0.1) is 7.11 Å². The fourth-order valence-corrected chi connectivity index (χ4v) is 2.61. The molecule has 21 heavy (non-hydrogen) atoms. The van der Waals surface area contributed by atoms with Crippen LogP contribution in [0.1, 0.15) is 11.1 Å². The number of hydrogen-bond donors (Lipinski definition) is 1. The molecule has 1 N–H and O–H groups in total. The highest BCUT2D eigenvalue weighted by molar-refractivity contribution is 5.83. The van der Waals surface area contributed by atoms with Crippen LogP contribution in [0, 0.1) is 0 Å². The Morgan fingerprint density at radius 2 is 1.76 bits per heavy atom. The van der Waals surface area contributed by atoms with E-state index >= 15 is 0 Å². The summed E-state index contributed by atoms with van der Waals surface area (Å²) in [6.07, 6.45) is 3.06. The maximum atomic E-state index is 5.49. The molecule has 0 fully saturated rings. The van der Waals surface area contributed by atoms with Crippen molar-refractivity contribution in [3.05, 3.63) is 71.9 Å². The molecule has 0 radical (unpaired) electrons. The van der Waals surface area contributed by atoms with E-state index in [-0.39, 0.29) is 0 Å². The summed E-state index contributed by atoms with van der Waals surface area (Å²) in [5.41, 5.74) is 3.79. The van der Waals surface area contributed by atoms with Crippen molar-refractivity contribution in [1.29, 1.82) is 0 Å². The number of rotatable bonds is 6. The third kappa shape index (κ3) is 3.32.